The van der Waals surface area contributed by atoms with Gasteiger partial charge in [0.05, 0.1) is 29.2 Å². The molecule has 2 saturated heterocycles. The van der Waals surface area contributed by atoms with E-state index < -0.39 is 21.6 Å². The van der Waals surface area contributed by atoms with Crippen molar-refractivity contribution in [1.82, 2.24) is 10.2 Å². The Hall–Kier alpha value is -2.37. The van der Waals surface area contributed by atoms with Gasteiger partial charge in [-0.05, 0) is 31.0 Å². The fourth-order valence-electron chi connectivity index (χ4n) is 4.51. The molecule has 1 aromatic rings. The summed E-state index contributed by atoms with van der Waals surface area (Å²) in [5.41, 5.74) is 0.369. The number of allylic oxidation sites excluding steroid dienone is 2. The molecule has 1 amide bonds. The number of ether oxygens (including phenoxy) is 1. The van der Waals surface area contributed by atoms with Crippen molar-refractivity contribution < 1.29 is 31.1 Å². The number of carbonyl (C=O) groups excluding carboxylic acids is 1. The third-order valence-electron chi connectivity index (χ3n) is 6.33. The summed E-state index contributed by atoms with van der Waals surface area (Å²) in [6, 6.07) is 4.34. The molecule has 0 spiro atoms. The van der Waals surface area contributed by atoms with Crippen LogP contribution in [0.3, 0.4) is 0 Å². The van der Waals surface area contributed by atoms with Crippen molar-refractivity contribution in [3.63, 3.8) is 0 Å². The van der Waals surface area contributed by atoms with Gasteiger partial charge in [0.2, 0.25) is 0 Å². The van der Waals surface area contributed by atoms with E-state index in [2.05, 4.69) is 5.32 Å². The summed E-state index contributed by atoms with van der Waals surface area (Å²) in [7, 11) is -3.49. The van der Waals surface area contributed by atoms with Gasteiger partial charge in [-0.2, -0.15) is 13.2 Å². The second kappa shape index (κ2) is 9.71. The summed E-state index contributed by atoms with van der Waals surface area (Å²) in [6.45, 7) is 3.12. The Balaban J connectivity index is 1.47. The molecule has 0 radical (unpaired) electrons. The molecule has 0 aromatic heterocycles. The number of carbonyl (C=O) groups is 1. The predicted octanol–water partition coefficient (Wildman–Crippen LogP) is 2.55. The van der Waals surface area contributed by atoms with Gasteiger partial charge in [-0.1, -0.05) is 18.2 Å². The summed E-state index contributed by atoms with van der Waals surface area (Å²) in [5, 5.41) is 3.32. The SMILES string of the molecule is CS(=O)(=O)c1ccc(N2CCOCC2)c(C(=O)N2CCC(NC3C=CC(C(F)(F)F)=CC3)C2)c1. The monoisotopic (exact) mass is 499 g/mol. The first-order valence-corrected chi connectivity index (χ1v) is 13.1. The molecule has 1 aliphatic carbocycles. The molecule has 7 nitrogen and oxygen atoms in total. The van der Waals surface area contributed by atoms with Crippen LogP contribution in [-0.2, 0) is 14.6 Å². The third-order valence-corrected chi connectivity index (χ3v) is 7.44. The Morgan fingerprint density at radius 1 is 1.18 bits per heavy atom. The fraction of sp³-hybridized carbons (Fsp3) is 0.522. The summed E-state index contributed by atoms with van der Waals surface area (Å²) >= 11 is 0. The Morgan fingerprint density at radius 3 is 2.53 bits per heavy atom. The summed E-state index contributed by atoms with van der Waals surface area (Å²) in [4.78, 5) is 17.3. The zero-order valence-corrected chi connectivity index (χ0v) is 19.7. The van der Waals surface area contributed by atoms with E-state index in [1.165, 1.54) is 24.3 Å². The van der Waals surface area contributed by atoms with Gasteiger partial charge in [0, 0.05) is 50.2 Å². The fourth-order valence-corrected chi connectivity index (χ4v) is 5.15. The lowest BCUT2D eigenvalue weighted by Gasteiger charge is -2.31. The van der Waals surface area contributed by atoms with E-state index in [9.17, 15) is 26.4 Å². The highest BCUT2D eigenvalue weighted by molar-refractivity contribution is 7.90. The van der Waals surface area contributed by atoms with E-state index in [1.54, 1.807) is 11.0 Å². The number of benzene rings is 1. The minimum absolute atomic E-state index is 0.0654. The first-order chi connectivity index (χ1) is 16.0. The van der Waals surface area contributed by atoms with E-state index in [-0.39, 0.29) is 29.3 Å². The third kappa shape index (κ3) is 5.64. The van der Waals surface area contributed by atoms with Crippen LogP contribution in [-0.4, -0.2) is 83.1 Å². The summed E-state index contributed by atoms with van der Waals surface area (Å²) in [6.07, 6.45) is 1.43. The first kappa shape index (κ1) is 24.7. The van der Waals surface area contributed by atoms with Gasteiger partial charge in [-0.3, -0.25) is 4.79 Å². The lowest BCUT2D eigenvalue weighted by molar-refractivity contribution is -0.0886. The summed E-state index contributed by atoms with van der Waals surface area (Å²) in [5.74, 6) is -0.255. The van der Waals surface area contributed by atoms with E-state index in [1.807, 2.05) is 4.90 Å². The number of morpholine rings is 1. The van der Waals surface area contributed by atoms with Crippen molar-refractivity contribution in [2.75, 3.05) is 50.5 Å². The van der Waals surface area contributed by atoms with Crippen molar-refractivity contribution >= 4 is 21.4 Å². The molecule has 4 rings (SSSR count). The molecule has 34 heavy (non-hydrogen) atoms. The van der Waals surface area contributed by atoms with Gasteiger partial charge in [-0.15, -0.1) is 0 Å². The molecular weight excluding hydrogens is 471 g/mol. The van der Waals surface area contributed by atoms with Crippen LogP contribution >= 0.6 is 0 Å². The molecule has 2 fully saturated rings. The second-order valence-corrected chi connectivity index (χ2v) is 10.8. The zero-order chi connectivity index (χ0) is 24.5. The van der Waals surface area contributed by atoms with E-state index in [0.29, 0.717) is 57.1 Å². The molecule has 2 unspecified atom stereocenters. The van der Waals surface area contributed by atoms with Crippen LogP contribution in [0.5, 0.6) is 0 Å². The number of hydrogen-bond donors (Lipinski definition) is 1. The number of likely N-dealkylation sites (tertiary alicyclic amines) is 1. The number of nitrogens with zero attached hydrogens (tertiary/aromatic N) is 2. The van der Waals surface area contributed by atoms with E-state index >= 15 is 0 Å². The maximum atomic E-state index is 13.5. The number of halogens is 3. The van der Waals surface area contributed by atoms with Crippen LogP contribution in [0.4, 0.5) is 18.9 Å². The summed E-state index contributed by atoms with van der Waals surface area (Å²) < 4.78 is 68.1. The minimum atomic E-state index is -4.35. The van der Waals surface area contributed by atoms with Gasteiger partial charge in [0.1, 0.15) is 0 Å². The van der Waals surface area contributed by atoms with Crippen molar-refractivity contribution in [1.29, 1.82) is 0 Å². The molecule has 0 bridgehead atoms. The van der Waals surface area contributed by atoms with Crippen LogP contribution in [0.2, 0.25) is 0 Å². The average molecular weight is 500 g/mol. The van der Waals surface area contributed by atoms with Gasteiger partial charge in [-0.25, -0.2) is 8.42 Å². The highest BCUT2D eigenvalue weighted by atomic mass is 32.2. The Labute approximate surface area is 197 Å². The van der Waals surface area contributed by atoms with Crippen molar-refractivity contribution in [2.24, 2.45) is 0 Å². The molecule has 2 heterocycles. The van der Waals surface area contributed by atoms with E-state index in [0.717, 1.165) is 12.3 Å². The normalized spacial score (nSPS) is 23.8. The molecule has 1 aromatic carbocycles. The highest BCUT2D eigenvalue weighted by Gasteiger charge is 2.34. The topological polar surface area (TPSA) is 79.0 Å². The largest absolute Gasteiger partial charge is 0.416 e. The van der Waals surface area contributed by atoms with Crippen molar-refractivity contribution in [2.45, 2.75) is 36.0 Å². The van der Waals surface area contributed by atoms with Gasteiger partial charge in [0.15, 0.2) is 9.84 Å². The number of rotatable bonds is 5. The van der Waals surface area contributed by atoms with Crippen molar-refractivity contribution in [3.05, 3.63) is 47.6 Å². The molecule has 1 N–H and O–H groups in total. The molecule has 2 aliphatic heterocycles. The number of sulfone groups is 1. The van der Waals surface area contributed by atoms with Crippen LogP contribution < -0.4 is 10.2 Å². The first-order valence-electron chi connectivity index (χ1n) is 11.2. The van der Waals surface area contributed by atoms with Crippen LogP contribution in [0.15, 0.2) is 46.9 Å². The van der Waals surface area contributed by atoms with Crippen molar-refractivity contribution in [3.8, 4) is 0 Å². The molecule has 0 saturated carbocycles. The number of alkyl halides is 3. The predicted molar refractivity (Wildman–Crippen MR) is 122 cm³/mol. The Bertz CT molecular complexity index is 1100. The van der Waals surface area contributed by atoms with Crippen LogP contribution in [0.25, 0.3) is 0 Å². The maximum Gasteiger partial charge on any atom is 0.416 e. The number of amides is 1. The lowest BCUT2D eigenvalue weighted by Crippen LogP contribution is -2.41. The molecule has 2 atom stereocenters. The van der Waals surface area contributed by atoms with E-state index in [4.69, 9.17) is 4.74 Å². The zero-order valence-electron chi connectivity index (χ0n) is 18.8. The Kier molecular flexibility index (Phi) is 7.07. The molecule has 3 aliphatic rings. The number of nitrogens with one attached hydrogen (secondary N) is 1. The van der Waals surface area contributed by atoms with Gasteiger partial charge >= 0.3 is 6.18 Å². The Morgan fingerprint density at radius 2 is 1.91 bits per heavy atom. The molecule has 186 valence electrons. The quantitative estimate of drug-likeness (QED) is 0.671. The smallest absolute Gasteiger partial charge is 0.378 e. The second-order valence-electron chi connectivity index (χ2n) is 8.81. The highest BCUT2D eigenvalue weighted by Crippen LogP contribution is 2.30. The number of anilines is 1. The average Bonchev–Trinajstić information content (AvgIpc) is 3.26. The van der Waals surface area contributed by atoms with Crippen LogP contribution in [0, 0.1) is 0 Å². The maximum absolute atomic E-state index is 13.5. The molecular formula is C23H28F3N3O4S. The standard InChI is InChI=1S/C23H28F3N3O4S/c1-34(31,32)19-6-7-21(28-10-12-33-13-11-28)20(14-19)22(30)29-9-8-18(15-29)27-17-4-2-16(3-5-17)23(24,25)26/h2-4,6-7,14,17-18,27H,5,8-13,15H2,1H3. The lowest BCUT2D eigenvalue weighted by atomic mass is 10.0. The minimum Gasteiger partial charge on any atom is -0.378 e. The van der Waals surface area contributed by atoms with Gasteiger partial charge in [0.25, 0.3) is 5.91 Å². The number of hydrogen-bond acceptors (Lipinski definition) is 6. The molecule has 11 heteroatoms. The van der Waals surface area contributed by atoms with Crippen LogP contribution in [0.1, 0.15) is 23.2 Å². The van der Waals surface area contributed by atoms with Gasteiger partial charge < -0.3 is 19.9 Å².